The minimum Gasteiger partial charge on any atom is -0.378 e. The summed E-state index contributed by atoms with van der Waals surface area (Å²) in [6.45, 7) is 14.9. The van der Waals surface area contributed by atoms with Crippen molar-refractivity contribution in [3.05, 3.63) is 0 Å². The number of rotatable bonds is 3. The van der Waals surface area contributed by atoms with Gasteiger partial charge in [0.1, 0.15) is 0 Å². The molecule has 2 aliphatic rings. The van der Waals surface area contributed by atoms with Crippen molar-refractivity contribution in [2.45, 2.75) is 84.0 Å². The molecule has 2 unspecified atom stereocenters. The maximum absolute atomic E-state index is 5.87. The van der Waals surface area contributed by atoms with E-state index in [2.05, 4.69) is 44.8 Å². The summed E-state index contributed by atoms with van der Waals surface area (Å²) in [5.74, 6) is 0.641. The standard InChI is InChI=1S/C17H34N2O/c1-13(2)16-12-15(8-11-20-16)18-14-6-9-19(10-7-14)17(3,4)5/h13-16,18H,6-12H2,1-5H3. The van der Waals surface area contributed by atoms with Crippen molar-refractivity contribution in [2.75, 3.05) is 19.7 Å². The lowest BCUT2D eigenvalue weighted by Crippen LogP contribution is -2.52. The van der Waals surface area contributed by atoms with Gasteiger partial charge in [0.25, 0.3) is 0 Å². The molecular formula is C17H34N2O. The van der Waals surface area contributed by atoms with E-state index in [0.717, 1.165) is 6.61 Å². The van der Waals surface area contributed by atoms with Crippen molar-refractivity contribution in [1.29, 1.82) is 0 Å². The van der Waals surface area contributed by atoms with Crippen molar-refractivity contribution < 1.29 is 4.74 Å². The predicted molar refractivity (Wildman–Crippen MR) is 85.1 cm³/mol. The molecule has 2 rings (SSSR count). The first-order valence-corrected chi connectivity index (χ1v) is 8.49. The first kappa shape index (κ1) is 16.3. The second-order valence-corrected chi connectivity index (χ2v) is 7.97. The number of hydrogen-bond donors (Lipinski definition) is 1. The number of hydrogen-bond acceptors (Lipinski definition) is 3. The molecule has 3 heteroatoms. The van der Waals surface area contributed by atoms with Crippen molar-refractivity contribution >= 4 is 0 Å². The highest BCUT2D eigenvalue weighted by Crippen LogP contribution is 2.24. The summed E-state index contributed by atoms with van der Waals surface area (Å²) < 4.78 is 5.87. The van der Waals surface area contributed by atoms with Crippen LogP contribution >= 0.6 is 0 Å². The van der Waals surface area contributed by atoms with E-state index in [0.29, 0.717) is 29.6 Å². The predicted octanol–water partition coefficient (Wildman–Crippen LogP) is 3.04. The lowest BCUT2D eigenvalue weighted by Gasteiger charge is -2.42. The molecule has 2 saturated heterocycles. The van der Waals surface area contributed by atoms with Crippen LogP contribution in [0, 0.1) is 5.92 Å². The van der Waals surface area contributed by atoms with Gasteiger partial charge < -0.3 is 10.1 Å². The summed E-state index contributed by atoms with van der Waals surface area (Å²) in [6, 6.07) is 1.38. The summed E-state index contributed by atoms with van der Waals surface area (Å²) >= 11 is 0. The SMILES string of the molecule is CC(C)C1CC(NC2CCN(C(C)(C)C)CC2)CCO1. The van der Waals surface area contributed by atoms with Crippen LogP contribution in [0.2, 0.25) is 0 Å². The minimum absolute atomic E-state index is 0.326. The Morgan fingerprint density at radius 2 is 1.70 bits per heavy atom. The molecule has 2 fully saturated rings. The number of likely N-dealkylation sites (tertiary alicyclic amines) is 1. The molecule has 1 N–H and O–H groups in total. The Morgan fingerprint density at radius 1 is 1.05 bits per heavy atom. The second kappa shape index (κ2) is 6.76. The van der Waals surface area contributed by atoms with Crippen LogP contribution in [-0.4, -0.2) is 48.3 Å². The van der Waals surface area contributed by atoms with Gasteiger partial charge in [-0.1, -0.05) is 13.8 Å². The molecule has 118 valence electrons. The normalized spacial score (nSPS) is 30.9. The van der Waals surface area contributed by atoms with Crippen LogP contribution in [0.15, 0.2) is 0 Å². The van der Waals surface area contributed by atoms with Crippen LogP contribution in [0.25, 0.3) is 0 Å². The smallest absolute Gasteiger partial charge is 0.0612 e. The highest BCUT2D eigenvalue weighted by Gasteiger charge is 2.30. The Morgan fingerprint density at radius 3 is 2.25 bits per heavy atom. The van der Waals surface area contributed by atoms with Gasteiger partial charge in [0, 0.05) is 37.3 Å². The second-order valence-electron chi connectivity index (χ2n) is 7.97. The van der Waals surface area contributed by atoms with Gasteiger partial charge in [0.2, 0.25) is 0 Å². The molecule has 3 nitrogen and oxygen atoms in total. The van der Waals surface area contributed by atoms with Gasteiger partial charge in [0.15, 0.2) is 0 Å². The van der Waals surface area contributed by atoms with Gasteiger partial charge in [-0.25, -0.2) is 0 Å². The fourth-order valence-electron chi connectivity index (χ4n) is 3.49. The van der Waals surface area contributed by atoms with Gasteiger partial charge >= 0.3 is 0 Å². The molecule has 20 heavy (non-hydrogen) atoms. The molecule has 0 radical (unpaired) electrons. The quantitative estimate of drug-likeness (QED) is 0.861. The van der Waals surface area contributed by atoms with E-state index in [4.69, 9.17) is 4.74 Å². The zero-order valence-electron chi connectivity index (χ0n) is 14.1. The molecule has 2 heterocycles. The molecule has 0 bridgehead atoms. The summed E-state index contributed by atoms with van der Waals surface area (Å²) in [6.07, 6.45) is 5.41. The number of nitrogens with one attached hydrogen (secondary N) is 1. The van der Waals surface area contributed by atoms with Crippen LogP contribution in [0.5, 0.6) is 0 Å². The van der Waals surface area contributed by atoms with Crippen molar-refractivity contribution in [3.8, 4) is 0 Å². The Hall–Kier alpha value is -0.120. The average Bonchev–Trinajstić information content (AvgIpc) is 2.38. The third kappa shape index (κ3) is 4.44. The number of ether oxygens (including phenoxy) is 1. The van der Waals surface area contributed by atoms with E-state index in [1.165, 1.54) is 38.8 Å². The first-order chi connectivity index (χ1) is 9.36. The van der Waals surface area contributed by atoms with E-state index in [1.54, 1.807) is 0 Å². The van der Waals surface area contributed by atoms with Crippen molar-refractivity contribution in [1.82, 2.24) is 10.2 Å². The number of nitrogens with zero attached hydrogens (tertiary/aromatic N) is 1. The minimum atomic E-state index is 0.326. The van der Waals surface area contributed by atoms with E-state index < -0.39 is 0 Å². The van der Waals surface area contributed by atoms with Crippen LogP contribution in [0.3, 0.4) is 0 Å². The molecule has 0 amide bonds. The van der Waals surface area contributed by atoms with Crippen LogP contribution in [-0.2, 0) is 4.74 Å². The molecule has 0 spiro atoms. The van der Waals surface area contributed by atoms with Gasteiger partial charge in [-0.2, -0.15) is 0 Å². The molecule has 2 aliphatic heterocycles. The van der Waals surface area contributed by atoms with Crippen molar-refractivity contribution in [3.63, 3.8) is 0 Å². The molecule has 0 aromatic rings. The maximum atomic E-state index is 5.87. The van der Waals surface area contributed by atoms with E-state index in [9.17, 15) is 0 Å². The molecule has 0 saturated carbocycles. The fraction of sp³-hybridized carbons (Fsp3) is 1.00. The fourth-order valence-corrected chi connectivity index (χ4v) is 3.49. The third-order valence-electron chi connectivity index (χ3n) is 4.97. The monoisotopic (exact) mass is 282 g/mol. The summed E-state index contributed by atoms with van der Waals surface area (Å²) in [7, 11) is 0. The zero-order chi connectivity index (χ0) is 14.8. The third-order valence-corrected chi connectivity index (χ3v) is 4.97. The van der Waals surface area contributed by atoms with Gasteiger partial charge in [-0.3, -0.25) is 4.90 Å². The van der Waals surface area contributed by atoms with Gasteiger partial charge in [0.05, 0.1) is 6.10 Å². The van der Waals surface area contributed by atoms with E-state index >= 15 is 0 Å². The highest BCUT2D eigenvalue weighted by molar-refractivity contribution is 4.87. The Kier molecular flexibility index (Phi) is 5.49. The van der Waals surface area contributed by atoms with E-state index in [1.807, 2.05) is 0 Å². The molecular weight excluding hydrogens is 248 g/mol. The topological polar surface area (TPSA) is 24.5 Å². The van der Waals surface area contributed by atoms with Crippen molar-refractivity contribution in [2.24, 2.45) is 5.92 Å². The number of piperidine rings is 1. The Balaban J connectivity index is 1.75. The largest absolute Gasteiger partial charge is 0.378 e. The lowest BCUT2D eigenvalue weighted by molar-refractivity contribution is -0.0277. The lowest BCUT2D eigenvalue weighted by atomic mass is 9.93. The first-order valence-electron chi connectivity index (χ1n) is 8.49. The zero-order valence-corrected chi connectivity index (χ0v) is 14.1. The summed E-state index contributed by atoms with van der Waals surface area (Å²) in [5.41, 5.74) is 0.326. The van der Waals surface area contributed by atoms with Gasteiger partial charge in [-0.15, -0.1) is 0 Å². The Labute approximate surface area is 125 Å². The molecule has 0 aliphatic carbocycles. The van der Waals surface area contributed by atoms with Gasteiger partial charge in [-0.05, 0) is 52.4 Å². The maximum Gasteiger partial charge on any atom is 0.0612 e. The highest BCUT2D eigenvalue weighted by atomic mass is 16.5. The molecule has 0 aromatic carbocycles. The van der Waals surface area contributed by atoms with Crippen LogP contribution in [0.4, 0.5) is 0 Å². The van der Waals surface area contributed by atoms with Crippen LogP contribution in [0.1, 0.15) is 60.3 Å². The summed E-state index contributed by atoms with van der Waals surface area (Å²) in [4.78, 5) is 2.62. The molecule has 0 aromatic heterocycles. The van der Waals surface area contributed by atoms with Crippen LogP contribution < -0.4 is 5.32 Å². The summed E-state index contributed by atoms with van der Waals surface area (Å²) in [5, 5.41) is 3.91. The average molecular weight is 282 g/mol. The molecule has 2 atom stereocenters. The van der Waals surface area contributed by atoms with E-state index in [-0.39, 0.29) is 0 Å². The Bertz CT molecular complexity index is 290.